The fourth-order valence-corrected chi connectivity index (χ4v) is 3.83. The average Bonchev–Trinajstić information content (AvgIpc) is 2.85. The van der Waals surface area contributed by atoms with Crippen LogP contribution in [0.2, 0.25) is 5.02 Å². The molecular weight excluding hydrogens is 450 g/mol. The van der Waals surface area contributed by atoms with Crippen LogP contribution in [-0.4, -0.2) is 35.7 Å². The second-order valence-corrected chi connectivity index (χ2v) is 8.13. The van der Waals surface area contributed by atoms with Crippen molar-refractivity contribution in [1.29, 1.82) is 0 Å². The van der Waals surface area contributed by atoms with Crippen molar-refractivity contribution in [2.75, 3.05) is 18.4 Å². The van der Waals surface area contributed by atoms with Crippen molar-refractivity contribution < 1.29 is 14.4 Å². The van der Waals surface area contributed by atoms with Crippen LogP contribution in [0.25, 0.3) is 0 Å². The second kappa shape index (κ2) is 12.0. The number of halogens is 1. The van der Waals surface area contributed by atoms with Gasteiger partial charge in [-0.25, -0.2) is 0 Å². The molecule has 0 saturated carbocycles. The molecule has 3 amide bonds. The van der Waals surface area contributed by atoms with Crippen molar-refractivity contribution in [1.82, 2.24) is 10.2 Å². The predicted molar refractivity (Wildman–Crippen MR) is 135 cm³/mol. The van der Waals surface area contributed by atoms with Gasteiger partial charge in [-0.1, -0.05) is 54.1 Å². The third kappa shape index (κ3) is 6.45. The number of carbonyl (C=O) groups is 3. The van der Waals surface area contributed by atoms with Gasteiger partial charge in [-0.3, -0.25) is 14.4 Å². The van der Waals surface area contributed by atoms with Crippen LogP contribution >= 0.6 is 11.6 Å². The van der Waals surface area contributed by atoms with Gasteiger partial charge in [0.2, 0.25) is 5.91 Å². The summed E-state index contributed by atoms with van der Waals surface area (Å²) in [6.45, 7) is 5.14. The Hall–Kier alpha value is -3.64. The van der Waals surface area contributed by atoms with Crippen molar-refractivity contribution >= 4 is 35.0 Å². The first-order chi connectivity index (χ1) is 16.4. The smallest absolute Gasteiger partial charge is 0.253 e. The van der Waals surface area contributed by atoms with Gasteiger partial charge in [-0.05, 0) is 55.8 Å². The molecular formula is C27H28ClN3O3. The van der Waals surface area contributed by atoms with Gasteiger partial charge in [0, 0.05) is 24.3 Å². The maximum absolute atomic E-state index is 12.8. The van der Waals surface area contributed by atoms with E-state index in [0.717, 1.165) is 5.56 Å². The number of carbonyl (C=O) groups excluding carboxylic acids is 3. The van der Waals surface area contributed by atoms with Gasteiger partial charge in [-0.2, -0.15) is 0 Å². The Balaban J connectivity index is 1.70. The summed E-state index contributed by atoms with van der Waals surface area (Å²) >= 11 is 6.17. The Bertz CT molecular complexity index is 1130. The summed E-state index contributed by atoms with van der Waals surface area (Å²) in [6, 6.07) is 22.3. The molecule has 0 spiro atoms. The third-order valence-corrected chi connectivity index (χ3v) is 5.81. The fourth-order valence-electron chi connectivity index (χ4n) is 3.61. The monoisotopic (exact) mass is 477 g/mol. The van der Waals surface area contributed by atoms with Crippen molar-refractivity contribution in [3.05, 3.63) is 101 Å². The SMILES string of the molecule is CCN(CC)C(=O)c1ccc(NC(=O)CC(NC(=O)c2ccccc2Cl)c2ccccc2)cc1. The van der Waals surface area contributed by atoms with E-state index in [4.69, 9.17) is 11.6 Å². The molecule has 0 aliphatic heterocycles. The number of rotatable bonds is 9. The van der Waals surface area contributed by atoms with Gasteiger partial charge in [0.25, 0.3) is 11.8 Å². The highest BCUT2D eigenvalue weighted by Crippen LogP contribution is 2.21. The summed E-state index contributed by atoms with van der Waals surface area (Å²) in [5.41, 5.74) is 2.29. The van der Waals surface area contributed by atoms with Crippen molar-refractivity contribution in [3.63, 3.8) is 0 Å². The van der Waals surface area contributed by atoms with Crippen LogP contribution in [0.4, 0.5) is 5.69 Å². The molecule has 176 valence electrons. The van der Waals surface area contributed by atoms with Crippen LogP contribution in [0, 0.1) is 0 Å². The molecule has 0 saturated heterocycles. The Labute approximate surface area is 204 Å². The lowest BCUT2D eigenvalue weighted by atomic mass is 10.0. The molecule has 0 bridgehead atoms. The van der Waals surface area contributed by atoms with E-state index in [0.29, 0.717) is 34.9 Å². The Kier molecular flexibility index (Phi) is 8.82. The first-order valence-corrected chi connectivity index (χ1v) is 11.6. The molecule has 34 heavy (non-hydrogen) atoms. The van der Waals surface area contributed by atoms with E-state index in [1.54, 1.807) is 53.4 Å². The molecule has 3 aromatic rings. The fraction of sp³-hybridized carbons (Fsp3) is 0.222. The Morgan fingerprint density at radius 2 is 1.47 bits per heavy atom. The number of nitrogens with zero attached hydrogens (tertiary/aromatic N) is 1. The van der Waals surface area contributed by atoms with E-state index in [-0.39, 0.29) is 24.1 Å². The first kappa shape index (κ1) is 25.0. The van der Waals surface area contributed by atoms with Crippen LogP contribution in [-0.2, 0) is 4.79 Å². The molecule has 0 radical (unpaired) electrons. The third-order valence-electron chi connectivity index (χ3n) is 5.48. The van der Waals surface area contributed by atoms with Crippen LogP contribution in [0.1, 0.15) is 52.6 Å². The molecule has 3 rings (SSSR count). The zero-order chi connectivity index (χ0) is 24.5. The minimum atomic E-state index is -0.548. The van der Waals surface area contributed by atoms with Gasteiger partial charge in [0.15, 0.2) is 0 Å². The van der Waals surface area contributed by atoms with E-state index in [2.05, 4.69) is 10.6 Å². The van der Waals surface area contributed by atoms with Crippen LogP contribution in [0.5, 0.6) is 0 Å². The maximum atomic E-state index is 12.8. The predicted octanol–water partition coefficient (Wildman–Crippen LogP) is 5.32. The van der Waals surface area contributed by atoms with Gasteiger partial charge in [0.05, 0.1) is 23.0 Å². The zero-order valence-electron chi connectivity index (χ0n) is 19.3. The minimum absolute atomic E-state index is 0.0281. The van der Waals surface area contributed by atoms with Gasteiger partial charge in [-0.15, -0.1) is 0 Å². The number of hydrogen-bond acceptors (Lipinski definition) is 3. The number of anilines is 1. The van der Waals surface area contributed by atoms with Gasteiger partial charge in [0.1, 0.15) is 0 Å². The zero-order valence-corrected chi connectivity index (χ0v) is 20.0. The number of benzene rings is 3. The molecule has 0 fully saturated rings. The normalized spacial score (nSPS) is 11.4. The Morgan fingerprint density at radius 1 is 0.853 bits per heavy atom. The Morgan fingerprint density at radius 3 is 2.09 bits per heavy atom. The summed E-state index contributed by atoms with van der Waals surface area (Å²) in [6.07, 6.45) is 0.0281. The summed E-state index contributed by atoms with van der Waals surface area (Å²) in [4.78, 5) is 39.9. The van der Waals surface area contributed by atoms with E-state index in [9.17, 15) is 14.4 Å². The largest absolute Gasteiger partial charge is 0.345 e. The maximum Gasteiger partial charge on any atom is 0.253 e. The van der Waals surface area contributed by atoms with E-state index in [1.807, 2.05) is 44.2 Å². The number of nitrogens with one attached hydrogen (secondary N) is 2. The quantitative estimate of drug-likeness (QED) is 0.437. The van der Waals surface area contributed by atoms with Crippen molar-refractivity contribution in [2.45, 2.75) is 26.3 Å². The summed E-state index contributed by atoms with van der Waals surface area (Å²) in [5.74, 6) is -0.669. The van der Waals surface area contributed by atoms with Crippen LogP contribution < -0.4 is 10.6 Å². The molecule has 0 aliphatic rings. The van der Waals surface area contributed by atoms with Crippen LogP contribution in [0.3, 0.4) is 0 Å². The lowest BCUT2D eigenvalue weighted by Crippen LogP contribution is -2.31. The lowest BCUT2D eigenvalue weighted by molar-refractivity contribution is -0.116. The molecule has 6 nitrogen and oxygen atoms in total. The van der Waals surface area contributed by atoms with Crippen molar-refractivity contribution in [3.8, 4) is 0 Å². The average molecular weight is 478 g/mol. The topological polar surface area (TPSA) is 78.5 Å². The minimum Gasteiger partial charge on any atom is -0.345 e. The summed E-state index contributed by atoms with van der Waals surface area (Å²) < 4.78 is 0. The first-order valence-electron chi connectivity index (χ1n) is 11.2. The number of hydrogen-bond donors (Lipinski definition) is 2. The molecule has 7 heteroatoms. The number of amides is 3. The van der Waals surface area contributed by atoms with E-state index >= 15 is 0 Å². The highest BCUT2D eigenvalue weighted by Gasteiger charge is 2.21. The highest BCUT2D eigenvalue weighted by atomic mass is 35.5. The van der Waals surface area contributed by atoms with Crippen LogP contribution in [0.15, 0.2) is 78.9 Å². The summed E-state index contributed by atoms with van der Waals surface area (Å²) in [7, 11) is 0. The second-order valence-electron chi connectivity index (χ2n) is 7.72. The molecule has 0 aromatic heterocycles. The molecule has 1 unspecified atom stereocenters. The van der Waals surface area contributed by atoms with Crippen molar-refractivity contribution in [2.24, 2.45) is 0 Å². The molecule has 3 aromatic carbocycles. The molecule has 1 atom stereocenters. The van der Waals surface area contributed by atoms with Gasteiger partial charge < -0.3 is 15.5 Å². The summed E-state index contributed by atoms with van der Waals surface area (Å²) in [5, 5.41) is 6.11. The highest BCUT2D eigenvalue weighted by molar-refractivity contribution is 6.33. The molecule has 2 N–H and O–H groups in total. The van der Waals surface area contributed by atoms with E-state index < -0.39 is 6.04 Å². The van der Waals surface area contributed by atoms with E-state index in [1.165, 1.54) is 0 Å². The van der Waals surface area contributed by atoms with Gasteiger partial charge >= 0.3 is 0 Å². The molecule has 0 heterocycles. The lowest BCUT2D eigenvalue weighted by Gasteiger charge is -2.20. The molecule has 0 aliphatic carbocycles. The standard InChI is InChI=1S/C27H28ClN3O3/c1-3-31(4-2)27(34)20-14-16-21(17-15-20)29-25(32)18-24(19-10-6-5-7-11-19)30-26(33)22-12-8-9-13-23(22)28/h5-17,24H,3-4,18H2,1-2H3,(H,29,32)(H,30,33).